The van der Waals surface area contributed by atoms with Gasteiger partial charge in [-0.25, -0.2) is 0 Å². The second-order valence-corrected chi connectivity index (χ2v) is 7.11. The molecule has 2 amide bonds. The molecule has 0 bridgehead atoms. The fourth-order valence-corrected chi connectivity index (χ4v) is 2.80. The Bertz CT molecular complexity index is 579. The lowest BCUT2D eigenvalue weighted by Gasteiger charge is -2.21. The highest BCUT2D eigenvalue weighted by atomic mass is 35.5. The van der Waals surface area contributed by atoms with E-state index in [0.29, 0.717) is 28.8 Å². The summed E-state index contributed by atoms with van der Waals surface area (Å²) in [5.41, 5.74) is 5.96. The van der Waals surface area contributed by atoms with Gasteiger partial charge in [0.05, 0.1) is 5.92 Å². The van der Waals surface area contributed by atoms with Crippen LogP contribution in [-0.2, 0) is 9.59 Å². The van der Waals surface area contributed by atoms with Crippen molar-refractivity contribution in [2.24, 2.45) is 11.7 Å². The van der Waals surface area contributed by atoms with E-state index in [4.69, 9.17) is 28.9 Å². The van der Waals surface area contributed by atoms with Crippen molar-refractivity contribution < 1.29 is 9.59 Å². The summed E-state index contributed by atoms with van der Waals surface area (Å²) in [6.07, 6.45) is 0.168. The molecule has 0 spiro atoms. The van der Waals surface area contributed by atoms with Gasteiger partial charge in [-0.3, -0.25) is 9.59 Å². The normalized spacial score (nSPS) is 18.7. The number of hydrogen-bond acceptors (Lipinski definition) is 3. The number of nitrogens with two attached hydrogens (primary N) is 1. The molecular weight excluding hydrogens is 325 g/mol. The third kappa shape index (κ3) is 4.35. The van der Waals surface area contributed by atoms with Crippen LogP contribution in [0.2, 0.25) is 10.0 Å². The topological polar surface area (TPSA) is 75.4 Å². The molecule has 2 rings (SSSR count). The maximum absolute atomic E-state index is 12.2. The van der Waals surface area contributed by atoms with Crippen LogP contribution in [0.4, 0.5) is 5.69 Å². The Balaban J connectivity index is 2.06. The van der Waals surface area contributed by atoms with Crippen LogP contribution in [0.25, 0.3) is 0 Å². The summed E-state index contributed by atoms with van der Waals surface area (Å²) < 4.78 is 0. The van der Waals surface area contributed by atoms with Crippen LogP contribution >= 0.6 is 23.2 Å². The number of hydrogen-bond donors (Lipinski definition) is 2. The molecule has 5 nitrogen and oxygen atoms in total. The Labute approximate surface area is 139 Å². The van der Waals surface area contributed by atoms with E-state index in [1.54, 1.807) is 18.2 Å². The van der Waals surface area contributed by atoms with Gasteiger partial charge in [0.15, 0.2) is 0 Å². The highest BCUT2D eigenvalue weighted by Crippen LogP contribution is 2.30. The van der Waals surface area contributed by atoms with E-state index in [1.165, 1.54) is 4.90 Å². The minimum atomic E-state index is -0.488. The van der Waals surface area contributed by atoms with Crippen molar-refractivity contribution in [1.82, 2.24) is 5.32 Å². The molecule has 1 fully saturated rings. The molecule has 0 radical (unpaired) electrons. The number of nitrogens with one attached hydrogen (secondary N) is 1. The van der Waals surface area contributed by atoms with Crippen molar-refractivity contribution in [3.8, 4) is 0 Å². The molecular formula is C15H19Cl2N3O2. The third-order valence-corrected chi connectivity index (χ3v) is 3.81. The predicted octanol–water partition coefficient (Wildman–Crippen LogP) is 2.20. The van der Waals surface area contributed by atoms with Gasteiger partial charge < -0.3 is 16.0 Å². The van der Waals surface area contributed by atoms with Crippen LogP contribution in [-0.4, -0.2) is 30.4 Å². The maximum Gasteiger partial charge on any atom is 0.227 e. The third-order valence-electron chi connectivity index (χ3n) is 3.37. The quantitative estimate of drug-likeness (QED) is 0.879. The summed E-state index contributed by atoms with van der Waals surface area (Å²) in [5, 5.41) is 3.69. The summed E-state index contributed by atoms with van der Waals surface area (Å²) in [7, 11) is 0. The van der Waals surface area contributed by atoms with E-state index in [2.05, 4.69) is 5.32 Å². The van der Waals surface area contributed by atoms with Crippen LogP contribution in [0.5, 0.6) is 0 Å². The Morgan fingerprint density at radius 1 is 1.36 bits per heavy atom. The van der Waals surface area contributed by atoms with Gasteiger partial charge in [-0.05, 0) is 32.0 Å². The number of rotatable bonds is 4. The SMILES string of the molecule is CC(C)(N)CNC(=O)C1CC(=O)N(c2cc(Cl)cc(Cl)c2)C1. The van der Waals surface area contributed by atoms with Crippen molar-refractivity contribution in [1.29, 1.82) is 0 Å². The number of benzene rings is 1. The molecule has 0 aromatic heterocycles. The highest BCUT2D eigenvalue weighted by molar-refractivity contribution is 6.35. The molecule has 3 N–H and O–H groups in total. The van der Waals surface area contributed by atoms with E-state index in [0.717, 1.165) is 0 Å². The minimum absolute atomic E-state index is 0.120. The van der Waals surface area contributed by atoms with Gasteiger partial charge in [-0.15, -0.1) is 0 Å². The molecule has 120 valence electrons. The Kier molecular flexibility index (Phi) is 5.00. The second-order valence-electron chi connectivity index (χ2n) is 6.24. The highest BCUT2D eigenvalue weighted by Gasteiger charge is 2.35. The standard InChI is InChI=1S/C15H19Cl2N3O2/c1-15(2,18)8-19-14(22)9-3-13(21)20(7-9)12-5-10(16)4-11(17)6-12/h4-6,9H,3,7-8,18H2,1-2H3,(H,19,22). The summed E-state index contributed by atoms with van der Waals surface area (Å²) in [5.74, 6) is -0.680. The lowest BCUT2D eigenvalue weighted by molar-refractivity contribution is -0.126. The molecule has 22 heavy (non-hydrogen) atoms. The number of amides is 2. The van der Waals surface area contributed by atoms with Crippen LogP contribution in [0, 0.1) is 5.92 Å². The summed E-state index contributed by atoms with van der Waals surface area (Å²) in [6, 6.07) is 4.92. The second kappa shape index (κ2) is 6.44. The van der Waals surface area contributed by atoms with Crippen molar-refractivity contribution in [2.75, 3.05) is 18.0 Å². The maximum atomic E-state index is 12.2. The molecule has 1 atom stereocenters. The van der Waals surface area contributed by atoms with E-state index in [1.807, 2.05) is 13.8 Å². The van der Waals surface area contributed by atoms with E-state index in [-0.39, 0.29) is 18.2 Å². The fourth-order valence-electron chi connectivity index (χ4n) is 2.29. The predicted molar refractivity (Wildman–Crippen MR) is 88.2 cm³/mol. The molecule has 0 aliphatic carbocycles. The average Bonchev–Trinajstić information content (AvgIpc) is 2.76. The smallest absolute Gasteiger partial charge is 0.227 e. The van der Waals surface area contributed by atoms with Gasteiger partial charge in [0.1, 0.15) is 0 Å². The van der Waals surface area contributed by atoms with Crippen LogP contribution in [0.1, 0.15) is 20.3 Å². The van der Waals surface area contributed by atoms with Crippen LogP contribution in [0.3, 0.4) is 0 Å². The number of anilines is 1. The Hall–Kier alpha value is -1.30. The van der Waals surface area contributed by atoms with Crippen molar-refractivity contribution >= 4 is 40.7 Å². The molecule has 7 heteroatoms. The van der Waals surface area contributed by atoms with Crippen molar-refractivity contribution in [3.63, 3.8) is 0 Å². The summed E-state index contributed by atoms with van der Waals surface area (Å²) in [4.78, 5) is 25.8. The van der Waals surface area contributed by atoms with Crippen LogP contribution < -0.4 is 16.0 Å². The van der Waals surface area contributed by atoms with Gasteiger partial charge in [-0.1, -0.05) is 23.2 Å². The minimum Gasteiger partial charge on any atom is -0.354 e. The lowest BCUT2D eigenvalue weighted by atomic mass is 10.1. The largest absolute Gasteiger partial charge is 0.354 e. The number of nitrogens with zero attached hydrogens (tertiary/aromatic N) is 1. The molecule has 1 unspecified atom stereocenters. The van der Waals surface area contributed by atoms with Gasteiger partial charge in [0, 0.05) is 40.8 Å². The first-order valence-corrected chi connectivity index (χ1v) is 7.74. The number of carbonyl (C=O) groups is 2. The molecule has 1 aromatic rings. The molecule has 1 aliphatic heterocycles. The zero-order valence-electron chi connectivity index (χ0n) is 12.5. The molecule has 1 heterocycles. The molecule has 1 aliphatic rings. The Morgan fingerprint density at radius 3 is 2.50 bits per heavy atom. The van der Waals surface area contributed by atoms with E-state index in [9.17, 15) is 9.59 Å². The lowest BCUT2D eigenvalue weighted by Crippen LogP contribution is -2.46. The first-order valence-electron chi connectivity index (χ1n) is 6.99. The molecule has 0 saturated carbocycles. The van der Waals surface area contributed by atoms with E-state index >= 15 is 0 Å². The fraction of sp³-hybridized carbons (Fsp3) is 0.467. The molecule has 1 saturated heterocycles. The van der Waals surface area contributed by atoms with Gasteiger partial charge in [0.25, 0.3) is 0 Å². The average molecular weight is 344 g/mol. The number of halogens is 2. The number of carbonyl (C=O) groups excluding carboxylic acids is 2. The monoisotopic (exact) mass is 343 g/mol. The van der Waals surface area contributed by atoms with Crippen LogP contribution in [0.15, 0.2) is 18.2 Å². The first kappa shape index (κ1) is 17.1. The van der Waals surface area contributed by atoms with Crippen molar-refractivity contribution in [2.45, 2.75) is 25.8 Å². The van der Waals surface area contributed by atoms with Gasteiger partial charge in [0.2, 0.25) is 11.8 Å². The Morgan fingerprint density at radius 2 is 1.95 bits per heavy atom. The zero-order chi connectivity index (χ0) is 16.5. The molecule has 1 aromatic carbocycles. The van der Waals surface area contributed by atoms with Gasteiger partial charge >= 0.3 is 0 Å². The van der Waals surface area contributed by atoms with Crippen molar-refractivity contribution in [3.05, 3.63) is 28.2 Å². The summed E-state index contributed by atoms with van der Waals surface area (Å²) >= 11 is 11.9. The summed E-state index contributed by atoms with van der Waals surface area (Å²) in [6.45, 7) is 4.33. The van der Waals surface area contributed by atoms with E-state index < -0.39 is 11.5 Å². The first-order chi connectivity index (χ1) is 10.2. The van der Waals surface area contributed by atoms with Gasteiger partial charge in [-0.2, -0.15) is 0 Å². The zero-order valence-corrected chi connectivity index (χ0v) is 14.0.